The monoisotopic (exact) mass is 422 g/mol. The van der Waals surface area contributed by atoms with E-state index in [0.29, 0.717) is 34.7 Å². The van der Waals surface area contributed by atoms with Crippen molar-refractivity contribution in [3.8, 4) is 11.5 Å². The first-order valence-corrected chi connectivity index (χ1v) is 10.1. The van der Waals surface area contributed by atoms with Crippen molar-refractivity contribution >= 4 is 17.4 Å². The molecule has 7 heteroatoms. The van der Waals surface area contributed by atoms with E-state index < -0.39 is 0 Å². The number of benzene rings is 2. The average molecular weight is 423 g/mol. The van der Waals surface area contributed by atoms with Crippen molar-refractivity contribution in [2.75, 3.05) is 6.61 Å². The van der Waals surface area contributed by atoms with Gasteiger partial charge in [0.2, 0.25) is 0 Å². The fourth-order valence-electron chi connectivity index (χ4n) is 3.48. The second-order valence-corrected chi connectivity index (χ2v) is 7.84. The summed E-state index contributed by atoms with van der Waals surface area (Å²) in [6.07, 6.45) is 2.36. The van der Waals surface area contributed by atoms with Gasteiger partial charge >= 0.3 is 0 Å². The zero-order valence-electron chi connectivity index (χ0n) is 17.1. The number of halogens is 1. The maximum Gasteiger partial charge on any atom is 0.160 e. The molecule has 0 radical (unpaired) electrons. The van der Waals surface area contributed by atoms with E-state index in [1.807, 2.05) is 19.1 Å². The molecule has 0 fully saturated rings. The molecule has 0 amide bonds. The number of aliphatic imine (C=N–C) groups is 1. The van der Waals surface area contributed by atoms with E-state index in [0.717, 1.165) is 12.0 Å². The summed E-state index contributed by atoms with van der Waals surface area (Å²) in [5, 5.41) is 8.80. The Balaban J connectivity index is 1.64. The van der Waals surface area contributed by atoms with Crippen molar-refractivity contribution < 1.29 is 9.57 Å². The Bertz CT molecular complexity index is 1100. The van der Waals surface area contributed by atoms with Gasteiger partial charge in [0, 0.05) is 5.02 Å². The van der Waals surface area contributed by atoms with Gasteiger partial charge in [0.15, 0.2) is 11.6 Å². The predicted molar refractivity (Wildman–Crippen MR) is 117 cm³/mol. The van der Waals surface area contributed by atoms with E-state index in [1.165, 1.54) is 16.7 Å². The Hall–Kier alpha value is -2.96. The summed E-state index contributed by atoms with van der Waals surface area (Å²) in [5.41, 5.74) is 8.12. The van der Waals surface area contributed by atoms with Gasteiger partial charge in [0.1, 0.15) is 5.75 Å². The van der Waals surface area contributed by atoms with Crippen LogP contribution in [-0.2, 0) is 11.3 Å². The maximum absolute atomic E-state index is 6.09. The fourth-order valence-corrected chi connectivity index (χ4v) is 3.67. The van der Waals surface area contributed by atoms with Crippen molar-refractivity contribution in [1.82, 2.24) is 15.7 Å². The number of aromatic nitrogens is 2. The van der Waals surface area contributed by atoms with Crippen LogP contribution in [0.5, 0.6) is 11.5 Å². The standard InChI is InChI=1S/C23H23ClN4O2/c1-14-7-8-17(15(2)9-14)10-19-13-29-28-23(26-19)22-16(3)27-25-12-21(22)30-20-6-4-5-18(24)11-20/h4-9,11-12,19H,10,13H2,1-3H3,(H,26,28)/t19-/m1/s1. The van der Waals surface area contributed by atoms with Crippen molar-refractivity contribution in [2.24, 2.45) is 4.99 Å². The van der Waals surface area contributed by atoms with Gasteiger partial charge in [0.05, 0.1) is 30.1 Å². The van der Waals surface area contributed by atoms with Crippen molar-refractivity contribution in [3.05, 3.63) is 81.6 Å². The second kappa shape index (κ2) is 8.81. The number of aryl methyl sites for hydroxylation is 3. The number of nitrogens with one attached hydrogen (secondary N) is 1. The van der Waals surface area contributed by atoms with Crippen LogP contribution in [0.1, 0.15) is 27.9 Å². The first kappa shape index (κ1) is 20.3. The van der Waals surface area contributed by atoms with E-state index in [9.17, 15) is 0 Å². The van der Waals surface area contributed by atoms with Gasteiger partial charge in [-0.1, -0.05) is 41.4 Å². The Morgan fingerprint density at radius 1 is 1.17 bits per heavy atom. The van der Waals surface area contributed by atoms with Crippen LogP contribution in [0.25, 0.3) is 0 Å². The Kier molecular flexibility index (Phi) is 5.97. The minimum Gasteiger partial charge on any atom is -0.455 e. The number of rotatable bonds is 5. The summed E-state index contributed by atoms with van der Waals surface area (Å²) in [6.45, 7) is 6.58. The van der Waals surface area contributed by atoms with Crippen molar-refractivity contribution in [1.29, 1.82) is 0 Å². The highest BCUT2D eigenvalue weighted by atomic mass is 35.5. The van der Waals surface area contributed by atoms with E-state index in [4.69, 9.17) is 26.2 Å². The summed E-state index contributed by atoms with van der Waals surface area (Å²) in [7, 11) is 0. The lowest BCUT2D eigenvalue weighted by Crippen LogP contribution is -2.37. The SMILES string of the molecule is Cc1ccc(C[C@@H]2CONC(c3c(Oc4cccc(Cl)c4)cnnc3C)=N2)c(C)c1. The number of ether oxygens (including phenoxy) is 1. The second-order valence-electron chi connectivity index (χ2n) is 7.41. The van der Waals surface area contributed by atoms with Crippen LogP contribution in [0.2, 0.25) is 5.02 Å². The highest BCUT2D eigenvalue weighted by molar-refractivity contribution is 6.30. The normalized spacial score (nSPS) is 16.0. The molecule has 2 heterocycles. The van der Waals surface area contributed by atoms with Crippen LogP contribution >= 0.6 is 11.6 Å². The van der Waals surface area contributed by atoms with Crippen LogP contribution < -0.4 is 10.2 Å². The van der Waals surface area contributed by atoms with Crippen LogP contribution in [0.3, 0.4) is 0 Å². The van der Waals surface area contributed by atoms with Gasteiger partial charge in [0.25, 0.3) is 0 Å². The van der Waals surface area contributed by atoms with E-state index in [1.54, 1.807) is 18.3 Å². The van der Waals surface area contributed by atoms with Crippen LogP contribution in [-0.4, -0.2) is 28.7 Å². The summed E-state index contributed by atoms with van der Waals surface area (Å²) < 4.78 is 6.05. The molecule has 0 bridgehead atoms. The van der Waals surface area contributed by atoms with E-state index in [2.05, 4.69) is 47.7 Å². The predicted octanol–water partition coefficient (Wildman–Crippen LogP) is 4.74. The maximum atomic E-state index is 6.09. The Morgan fingerprint density at radius 3 is 2.83 bits per heavy atom. The summed E-state index contributed by atoms with van der Waals surface area (Å²) in [6, 6.07) is 13.7. The number of hydroxylamine groups is 1. The topological polar surface area (TPSA) is 68.6 Å². The van der Waals surface area contributed by atoms with E-state index in [-0.39, 0.29) is 6.04 Å². The number of hydrogen-bond acceptors (Lipinski definition) is 6. The average Bonchev–Trinajstić information content (AvgIpc) is 2.71. The molecule has 3 aromatic rings. The molecule has 1 N–H and O–H groups in total. The first-order valence-electron chi connectivity index (χ1n) is 9.77. The van der Waals surface area contributed by atoms with Gasteiger partial charge < -0.3 is 4.74 Å². The van der Waals surface area contributed by atoms with Crippen molar-refractivity contribution in [3.63, 3.8) is 0 Å². The minimum absolute atomic E-state index is 0.0192. The molecule has 0 spiro atoms. The van der Waals surface area contributed by atoms with Gasteiger partial charge in [-0.05, 0) is 56.5 Å². The Labute approximate surface area is 180 Å². The van der Waals surface area contributed by atoms with Gasteiger partial charge in [-0.2, -0.15) is 10.2 Å². The quantitative estimate of drug-likeness (QED) is 0.643. The number of amidine groups is 1. The number of nitrogens with zero attached hydrogens (tertiary/aromatic N) is 3. The Morgan fingerprint density at radius 2 is 2.03 bits per heavy atom. The van der Waals surface area contributed by atoms with Crippen LogP contribution in [0.15, 0.2) is 53.7 Å². The summed E-state index contributed by atoms with van der Waals surface area (Å²) in [4.78, 5) is 10.6. The molecule has 6 nitrogen and oxygen atoms in total. The van der Waals surface area contributed by atoms with E-state index >= 15 is 0 Å². The minimum atomic E-state index is -0.0192. The molecular formula is C23H23ClN4O2. The lowest BCUT2D eigenvalue weighted by molar-refractivity contribution is 0.0622. The molecule has 0 aliphatic carbocycles. The molecule has 30 heavy (non-hydrogen) atoms. The molecule has 4 rings (SSSR count). The van der Waals surface area contributed by atoms with Gasteiger partial charge in [-0.15, -0.1) is 0 Å². The summed E-state index contributed by atoms with van der Waals surface area (Å²) >= 11 is 6.09. The smallest absolute Gasteiger partial charge is 0.160 e. The largest absolute Gasteiger partial charge is 0.455 e. The number of hydrogen-bond donors (Lipinski definition) is 1. The fraction of sp³-hybridized carbons (Fsp3) is 0.261. The lowest BCUT2D eigenvalue weighted by Gasteiger charge is -2.24. The molecule has 1 atom stereocenters. The van der Waals surface area contributed by atoms with Gasteiger partial charge in [-0.3, -0.25) is 9.83 Å². The van der Waals surface area contributed by atoms with Crippen molar-refractivity contribution in [2.45, 2.75) is 33.2 Å². The summed E-state index contributed by atoms with van der Waals surface area (Å²) in [5.74, 6) is 1.73. The molecule has 1 aliphatic rings. The zero-order valence-corrected chi connectivity index (χ0v) is 17.9. The van der Waals surface area contributed by atoms with Gasteiger partial charge in [-0.25, -0.2) is 5.48 Å². The third-order valence-corrected chi connectivity index (χ3v) is 5.20. The molecule has 154 valence electrons. The molecule has 2 aromatic carbocycles. The third-order valence-electron chi connectivity index (χ3n) is 4.96. The third kappa shape index (κ3) is 4.61. The lowest BCUT2D eigenvalue weighted by atomic mass is 9.99. The zero-order chi connectivity index (χ0) is 21.1. The molecular weight excluding hydrogens is 400 g/mol. The first-order chi connectivity index (χ1) is 14.5. The molecule has 1 aliphatic heterocycles. The van der Waals surface area contributed by atoms with Crippen LogP contribution in [0, 0.1) is 20.8 Å². The molecule has 0 saturated heterocycles. The highest BCUT2D eigenvalue weighted by Gasteiger charge is 2.23. The molecule has 0 saturated carbocycles. The molecule has 0 unspecified atom stereocenters. The molecule has 1 aromatic heterocycles. The van der Waals surface area contributed by atoms with Crippen LogP contribution in [0.4, 0.5) is 0 Å². The highest BCUT2D eigenvalue weighted by Crippen LogP contribution is 2.28.